The summed E-state index contributed by atoms with van der Waals surface area (Å²) in [5.74, 6) is 0. The highest BCUT2D eigenvalue weighted by atomic mass is 127. The number of hydrogen-bond acceptors (Lipinski definition) is 2. The first-order chi connectivity index (χ1) is 8.06. The van der Waals surface area contributed by atoms with Crippen molar-refractivity contribution in [3.8, 4) is 0 Å². The van der Waals surface area contributed by atoms with E-state index < -0.39 is 0 Å². The van der Waals surface area contributed by atoms with Crippen molar-refractivity contribution in [2.24, 2.45) is 5.73 Å². The molecule has 1 aromatic carbocycles. The van der Waals surface area contributed by atoms with Gasteiger partial charge < -0.3 is 5.73 Å². The molecule has 1 aromatic heterocycles. The second kappa shape index (κ2) is 6.14. The molecule has 0 saturated carbocycles. The molecule has 0 aliphatic rings. The molecule has 2 N–H and O–H groups in total. The third kappa shape index (κ3) is 3.76. The van der Waals surface area contributed by atoms with Gasteiger partial charge >= 0.3 is 0 Å². The van der Waals surface area contributed by atoms with Crippen LogP contribution in [0.1, 0.15) is 16.5 Å². The van der Waals surface area contributed by atoms with Gasteiger partial charge in [-0.15, -0.1) is 11.3 Å². The largest absolute Gasteiger partial charge is 0.323 e. The molecule has 0 amide bonds. The highest BCUT2D eigenvalue weighted by Crippen LogP contribution is 2.35. The molecule has 1 nitrogen and oxygen atoms in total. The van der Waals surface area contributed by atoms with E-state index >= 15 is 0 Å². The minimum Gasteiger partial charge on any atom is -0.323 e. The molecule has 0 aliphatic carbocycles. The molecule has 0 spiro atoms. The third-order valence-corrected chi connectivity index (χ3v) is 6.51. The van der Waals surface area contributed by atoms with Crippen LogP contribution < -0.4 is 5.73 Å². The lowest BCUT2D eigenvalue weighted by Crippen LogP contribution is -2.11. The highest BCUT2D eigenvalue weighted by Gasteiger charge is 2.12. The average Bonchev–Trinajstić information content (AvgIpc) is 2.63. The van der Waals surface area contributed by atoms with Gasteiger partial charge in [0.1, 0.15) is 0 Å². The normalized spacial score (nSPS) is 12.7. The first-order valence-corrected chi connectivity index (χ1v) is 8.49. The maximum Gasteiger partial charge on any atom is 0.0843 e. The molecule has 0 radical (unpaired) electrons. The highest BCUT2D eigenvalue weighted by molar-refractivity contribution is 14.1. The van der Waals surface area contributed by atoms with Crippen molar-refractivity contribution in [1.29, 1.82) is 0 Å². The van der Waals surface area contributed by atoms with Gasteiger partial charge in [-0.3, -0.25) is 0 Å². The van der Waals surface area contributed by atoms with Gasteiger partial charge in [-0.1, -0.05) is 12.1 Å². The van der Waals surface area contributed by atoms with Crippen molar-refractivity contribution in [3.63, 3.8) is 0 Å². The summed E-state index contributed by atoms with van der Waals surface area (Å²) in [6.07, 6.45) is 0.871. The van der Waals surface area contributed by atoms with Gasteiger partial charge in [0, 0.05) is 19.0 Å². The fourth-order valence-electron chi connectivity index (χ4n) is 1.52. The first-order valence-electron chi connectivity index (χ1n) is 5.01. The minimum atomic E-state index is 0.0580. The molecule has 1 heterocycles. The van der Waals surface area contributed by atoms with Gasteiger partial charge in [-0.2, -0.15) is 0 Å². The summed E-state index contributed by atoms with van der Waals surface area (Å²) in [5.41, 5.74) is 7.49. The van der Waals surface area contributed by atoms with E-state index in [1.54, 1.807) is 11.3 Å². The van der Waals surface area contributed by atoms with Gasteiger partial charge in [-0.05, 0) is 84.6 Å². The number of thiophene rings is 1. The van der Waals surface area contributed by atoms with E-state index in [9.17, 15) is 0 Å². The lowest BCUT2D eigenvalue weighted by atomic mass is 10.1. The monoisotopic (exact) mass is 485 g/mol. The number of benzene rings is 1. The summed E-state index contributed by atoms with van der Waals surface area (Å²) in [6.45, 7) is 0. The lowest BCUT2D eigenvalue weighted by Gasteiger charge is -2.09. The molecule has 5 heteroatoms. The fraction of sp³-hybridized carbons (Fsp3) is 0.167. The second-order valence-electron chi connectivity index (χ2n) is 3.71. The van der Waals surface area contributed by atoms with Crippen LogP contribution in [0.25, 0.3) is 0 Å². The number of rotatable bonds is 3. The average molecular weight is 487 g/mol. The van der Waals surface area contributed by atoms with Gasteiger partial charge in [0.15, 0.2) is 0 Å². The van der Waals surface area contributed by atoms with Crippen LogP contribution in [0.3, 0.4) is 0 Å². The molecule has 2 rings (SSSR count). The van der Waals surface area contributed by atoms with Crippen LogP contribution in [0.2, 0.25) is 0 Å². The topological polar surface area (TPSA) is 26.0 Å². The Morgan fingerprint density at radius 3 is 2.41 bits per heavy atom. The molecule has 1 unspecified atom stereocenters. The van der Waals surface area contributed by atoms with Gasteiger partial charge in [0.05, 0.1) is 3.79 Å². The van der Waals surface area contributed by atoms with Crippen molar-refractivity contribution in [1.82, 2.24) is 0 Å². The SMILES string of the molecule is NC(Cc1ccc(I)cc1)c1cc(Br)c(Br)s1. The van der Waals surface area contributed by atoms with Crippen molar-refractivity contribution >= 4 is 65.8 Å². The van der Waals surface area contributed by atoms with Crippen molar-refractivity contribution in [2.45, 2.75) is 12.5 Å². The maximum atomic E-state index is 6.21. The predicted octanol–water partition coefficient (Wildman–Crippen LogP) is 5.12. The third-order valence-electron chi connectivity index (χ3n) is 2.40. The molecule has 17 heavy (non-hydrogen) atoms. The van der Waals surface area contributed by atoms with Gasteiger partial charge in [0.2, 0.25) is 0 Å². The Kier molecular flexibility index (Phi) is 5.06. The molecule has 0 fully saturated rings. The second-order valence-corrected chi connectivity index (χ2v) is 8.21. The quantitative estimate of drug-likeness (QED) is 0.599. The first kappa shape index (κ1) is 14.0. The summed E-state index contributed by atoms with van der Waals surface area (Å²) < 4.78 is 3.43. The Balaban J connectivity index is 2.11. The number of hydrogen-bond donors (Lipinski definition) is 1. The zero-order chi connectivity index (χ0) is 12.4. The summed E-state index contributed by atoms with van der Waals surface area (Å²) in [7, 11) is 0. The smallest absolute Gasteiger partial charge is 0.0843 e. The summed E-state index contributed by atoms with van der Waals surface area (Å²) >= 11 is 11.0. The van der Waals surface area contributed by atoms with E-state index in [0.29, 0.717) is 0 Å². The maximum absolute atomic E-state index is 6.21. The van der Waals surface area contributed by atoms with Crippen LogP contribution in [0.15, 0.2) is 38.6 Å². The van der Waals surface area contributed by atoms with E-state index in [-0.39, 0.29) is 6.04 Å². The molecular formula is C12H10Br2INS. The zero-order valence-corrected chi connectivity index (χ0v) is 14.9. The van der Waals surface area contributed by atoms with Crippen LogP contribution in [0.5, 0.6) is 0 Å². The van der Waals surface area contributed by atoms with Gasteiger partial charge in [0.25, 0.3) is 0 Å². The Hall–Kier alpha value is 0.570. The van der Waals surface area contributed by atoms with E-state index in [1.807, 2.05) is 0 Å². The Morgan fingerprint density at radius 2 is 1.88 bits per heavy atom. The van der Waals surface area contributed by atoms with Crippen LogP contribution >= 0.6 is 65.8 Å². The molecule has 0 aliphatic heterocycles. The summed E-state index contributed by atoms with van der Waals surface area (Å²) in [5, 5.41) is 0. The minimum absolute atomic E-state index is 0.0580. The van der Waals surface area contributed by atoms with E-state index in [0.717, 1.165) is 14.7 Å². The van der Waals surface area contributed by atoms with E-state index in [2.05, 4.69) is 84.8 Å². The van der Waals surface area contributed by atoms with Crippen LogP contribution in [-0.4, -0.2) is 0 Å². The van der Waals surface area contributed by atoms with Gasteiger partial charge in [-0.25, -0.2) is 0 Å². The summed E-state index contributed by atoms with van der Waals surface area (Å²) in [4.78, 5) is 1.20. The van der Waals surface area contributed by atoms with Crippen molar-refractivity contribution < 1.29 is 0 Å². The molecular weight excluding hydrogens is 477 g/mol. The Labute approximate surface area is 135 Å². The Bertz CT molecular complexity index is 490. The standard InChI is InChI=1S/C12H10Br2INS/c13-9-6-11(17-12(9)14)10(16)5-7-1-3-8(15)4-2-7/h1-4,6,10H,5,16H2. The van der Waals surface area contributed by atoms with Crippen LogP contribution in [0.4, 0.5) is 0 Å². The van der Waals surface area contributed by atoms with Crippen LogP contribution in [-0.2, 0) is 6.42 Å². The Morgan fingerprint density at radius 1 is 1.24 bits per heavy atom. The molecule has 90 valence electrons. The summed E-state index contributed by atoms with van der Waals surface area (Å²) in [6, 6.07) is 10.7. The molecule has 0 bridgehead atoms. The lowest BCUT2D eigenvalue weighted by molar-refractivity contribution is 0.736. The van der Waals surface area contributed by atoms with Crippen molar-refractivity contribution in [2.75, 3.05) is 0 Å². The van der Waals surface area contributed by atoms with E-state index in [1.165, 1.54) is 14.0 Å². The molecule has 2 aromatic rings. The molecule has 1 atom stereocenters. The number of halogens is 3. The predicted molar refractivity (Wildman–Crippen MR) is 89.5 cm³/mol. The fourth-order valence-corrected chi connectivity index (χ4v) is 3.97. The number of nitrogens with two attached hydrogens (primary N) is 1. The van der Waals surface area contributed by atoms with Crippen LogP contribution in [0, 0.1) is 3.57 Å². The van der Waals surface area contributed by atoms with Crippen molar-refractivity contribution in [3.05, 3.63) is 52.6 Å². The zero-order valence-electron chi connectivity index (χ0n) is 8.79. The molecule has 0 saturated heterocycles. The van der Waals surface area contributed by atoms with E-state index in [4.69, 9.17) is 5.73 Å².